The van der Waals surface area contributed by atoms with E-state index in [-0.39, 0.29) is 11.9 Å². The number of carbonyl (C=O) groups is 2. The van der Waals surface area contributed by atoms with Gasteiger partial charge in [-0.15, -0.1) is 0 Å². The van der Waals surface area contributed by atoms with Crippen LogP contribution in [0, 0.1) is 0 Å². The molecule has 2 aromatic rings. The molecule has 7 nitrogen and oxygen atoms in total. The first kappa shape index (κ1) is 32.3. The minimum Gasteiger partial charge on any atom is -0.497 e. The molecule has 0 bridgehead atoms. The molecule has 2 heterocycles. The predicted molar refractivity (Wildman–Crippen MR) is 174 cm³/mol. The fourth-order valence-electron chi connectivity index (χ4n) is 5.93. The molecule has 0 unspecified atom stereocenters. The van der Waals surface area contributed by atoms with Crippen molar-refractivity contribution in [2.75, 3.05) is 27.2 Å². The Labute approximate surface area is 257 Å². The fraction of sp³-hybridized carbons (Fsp3) is 0.500. The number of hydrogen-bond acceptors (Lipinski definition) is 5. The van der Waals surface area contributed by atoms with E-state index >= 15 is 0 Å². The number of amides is 1. The Balaban J connectivity index is 1.84. The predicted octanol–water partition coefficient (Wildman–Crippen LogP) is 7.19. The third kappa shape index (κ3) is 8.96. The minimum atomic E-state index is -0.605. The summed E-state index contributed by atoms with van der Waals surface area (Å²) in [5.74, 6) is 0.684. The lowest BCUT2D eigenvalue weighted by molar-refractivity contribution is -0.117. The summed E-state index contributed by atoms with van der Waals surface area (Å²) in [6, 6.07) is 13.9. The van der Waals surface area contributed by atoms with Crippen LogP contribution in [0.15, 0.2) is 54.2 Å². The molecule has 0 spiro atoms. The van der Waals surface area contributed by atoms with Crippen molar-refractivity contribution in [1.82, 2.24) is 15.2 Å². The zero-order chi connectivity index (χ0) is 30.8. The van der Waals surface area contributed by atoms with Crippen molar-refractivity contribution < 1.29 is 19.1 Å². The van der Waals surface area contributed by atoms with Crippen LogP contribution >= 0.6 is 0 Å². The van der Waals surface area contributed by atoms with Crippen LogP contribution in [0.4, 0.5) is 0 Å². The van der Waals surface area contributed by atoms with E-state index in [1.807, 2.05) is 70.4 Å². The highest BCUT2D eigenvalue weighted by atomic mass is 16.6. The number of benzene rings is 1. The molecule has 2 aliphatic rings. The van der Waals surface area contributed by atoms with E-state index in [1.165, 1.54) is 24.8 Å². The summed E-state index contributed by atoms with van der Waals surface area (Å²) in [4.78, 5) is 26.8. The third-order valence-corrected chi connectivity index (χ3v) is 8.09. The number of fused-ring (bicyclic) bond motifs is 3. The van der Waals surface area contributed by atoms with Gasteiger partial charge < -0.3 is 24.7 Å². The number of methoxy groups -OCH3 is 1. The van der Waals surface area contributed by atoms with E-state index < -0.39 is 5.60 Å². The number of hydrogen-bond donors (Lipinski definition) is 2. The van der Waals surface area contributed by atoms with Crippen molar-refractivity contribution in [2.24, 2.45) is 0 Å². The number of nitrogens with zero attached hydrogens (tertiary/aromatic N) is 1. The van der Waals surface area contributed by atoms with Gasteiger partial charge in [0.1, 0.15) is 11.4 Å². The SMILES string of the molecule is CNCCCCCNC(=O)C1=Cc2cc(OC)ccc2-c2c(C3CCCCC3)cccc(C(=O)OC(C)(C)C)ccn2C1. The van der Waals surface area contributed by atoms with Crippen molar-refractivity contribution in [2.45, 2.75) is 90.2 Å². The molecule has 0 radical (unpaired) electrons. The van der Waals surface area contributed by atoms with Crippen molar-refractivity contribution in [3.05, 3.63) is 70.9 Å². The van der Waals surface area contributed by atoms with Crippen LogP contribution in [0.25, 0.3) is 17.3 Å². The number of nitrogens with one attached hydrogen (secondary N) is 2. The van der Waals surface area contributed by atoms with Gasteiger partial charge in [0.15, 0.2) is 0 Å². The Morgan fingerprint density at radius 2 is 1.74 bits per heavy atom. The molecular weight excluding hydrogens is 538 g/mol. The Bertz CT molecular complexity index is 1360. The normalized spacial score (nSPS) is 14.9. The molecule has 1 aromatic heterocycles. The number of aromatic nitrogens is 1. The molecule has 1 aromatic carbocycles. The maximum Gasteiger partial charge on any atom is 0.338 e. The van der Waals surface area contributed by atoms with Crippen LogP contribution in [0.3, 0.4) is 0 Å². The van der Waals surface area contributed by atoms with Gasteiger partial charge in [0.2, 0.25) is 5.91 Å². The molecule has 232 valence electrons. The lowest BCUT2D eigenvalue weighted by Crippen LogP contribution is -2.27. The van der Waals surface area contributed by atoms with Crippen LogP contribution in [-0.2, 0) is 16.1 Å². The summed E-state index contributed by atoms with van der Waals surface area (Å²) in [6.07, 6.45) is 12.9. The van der Waals surface area contributed by atoms with Gasteiger partial charge in [-0.2, -0.15) is 0 Å². The topological polar surface area (TPSA) is 81.6 Å². The zero-order valence-corrected chi connectivity index (χ0v) is 26.6. The molecule has 1 fully saturated rings. The number of unbranched alkanes of at least 4 members (excludes halogenated alkanes) is 2. The van der Waals surface area contributed by atoms with E-state index in [4.69, 9.17) is 9.47 Å². The van der Waals surface area contributed by atoms with Gasteiger partial charge in [0.05, 0.1) is 24.9 Å². The van der Waals surface area contributed by atoms with Gasteiger partial charge >= 0.3 is 5.97 Å². The third-order valence-electron chi connectivity index (χ3n) is 8.09. The van der Waals surface area contributed by atoms with Gasteiger partial charge in [0, 0.05) is 23.9 Å². The number of rotatable bonds is 10. The van der Waals surface area contributed by atoms with Crippen molar-refractivity contribution >= 4 is 18.0 Å². The quantitative estimate of drug-likeness (QED) is 0.227. The van der Waals surface area contributed by atoms with Crippen molar-refractivity contribution in [3.8, 4) is 17.0 Å². The highest BCUT2D eigenvalue weighted by molar-refractivity contribution is 5.99. The van der Waals surface area contributed by atoms with Gasteiger partial charge in [0.25, 0.3) is 0 Å². The molecule has 2 N–H and O–H groups in total. The Kier molecular flexibility index (Phi) is 11.5. The Hall–Kier alpha value is -3.58. The van der Waals surface area contributed by atoms with Gasteiger partial charge in [-0.25, -0.2) is 4.79 Å². The number of carbonyl (C=O) groups excluding carboxylic acids is 2. The second kappa shape index (κ2) is 15.2. The molecule has 1 aliphatic heterocycles. The van der Waals surface area contributed by atoms with Crippen molar-refractivity contribution in [3.63, 3.8) is 0 Å². The minimum absolute atomic E-state index is 0.0745. The molecule has 1 saturated carbocycles. The highest BCUT2D eigenvalue weighted by Gasteiger charge is 2.25. The molecule has 1 amide bonds. The standard InChI is InChI=1S/C36H49N3O4/c1-36(2,3)43-35(41)27-15-12-16-31(26-13-8-6-9-14-26)33-32-18-17-30(42-5)24-28(32)23-29(25-39(33)22-19-27)34(40)38-21-11-7-10-20-37-4/h12,15-19,22-24,26,37H,6-11,13-14,20-21,25H2,1-5H3,(H,38,40). The molecule has 1 aliphatic carbocycles. The molecule has 4 rings (SSSR count). The van der Waals surface area contributed by atoms with E-state index in [1.54, 1.807) is 7.11 Å². The number of esters is 1. The fourth-order valence-corrected chi connectivity index (χ4v) is 5.93. The summed E-state index contributed by atoms with van der Waals surface area (Å²) in [6.45, 7) is 7.60. The van der Waals surface area contributed by atoms with Gasteiger partial charge in [-0.05, 0) is 113 Å². The second-order valence-electron chi connectivity index (χ2n) is 12.6. The molecule has 7 heteroatoms. The second-order valence-corrected chi connectivity index (χ2v) is 12.6. The van der Waals surface area contributed by atoms with E-state index in [2.05, 4.69) is 27.3 Å². The molecule has 0 saturated heterocycles. The van der Waals surface area contributed by atoms with E-state index in [0.29, 0.717) is 30.1 Å². The Morgan fingerprint density at radius 3 is 2.47 bits per heavy atom. The van der Waals surface area contributed by atoms with E-state index in [9.17, 15) is 9.59 Å². The summed E-state index contributed by atoms with van der Waals surface area (Å²) >= 11 is 0. The van der Waals surface area contributed by atoms with Crippen LogP contribution in [-0.4, -0.2) is 49.3 Å². The molecule has 0 atom stereocenters. The van der Waals surface area contributed by atoms with Gasteiger partial charge in [-0.1, -0.05) is 37.8 Å². The first-order valence-electron chi connectivity index (χ1n) is 15.8. The summed E-state index contributed by atoms with van der Waals surface area (Å²) in [5.41, 5.74) is 4.83. The summed E-state index contributed by atoms with van der Waals surface area (Å²) in [7, 11) is 3.62. The Morgan fingerprint density at radius 1 is 0.977 bits per heavy atom. The first-order chi connectivity index (χ1) is 20.7. The van der Waals surface area contributed by atoms with Crippen LogP contribution in [0.5, 0.6) is 5.75 Å². The highest BCUT2D eigenvalue weighted by Crippen LogP contribution is 2.41. The maximum atomic E-state index is 13.6. The average molecular weight is 588 g/mol. The molecular formula is C36H49N3O4. The monoisotopic (exact) mass is 587 g/mol. The van der Waals surface area contributed by atoms with Crippen LogP contribution < -0.4 is 15.4 Å². The van der Waals surface area contributed by atoms with E-state index in [0.717, 1.165) is 61.2 Å². The first-order valence-corrected chi connectivity index (χ1v) is 15.8. The molecule has 43 heavy (non-hydrogen) atoms. The smallest absolute Gasteiger partial charge is 0.338 e. The maximum absolute atomic E-state index is 13.6. The van der Waals surface area contributed by atoms with Gasteiger partial charge in [-0.3, -0.25) is 4.79 Å². The summed E-state index contributed by atoms with van der Waals surface area (Å²) in [5, 5.41) is 6.33. The van der Waals surface area contributed by atoms with Crippen LogP contribution in [0.1, 0.15) is 99.5 Å². The van der Waals surface area contributed by atoms with Crippen molar-refractivity contribution in [1.29, 1.82) is 0 Å². The summed E-state index contributed by atoms with van der Waals surface area (Å²) < 4.78 is 13.5. The lowest BCUT2D eigenvalue weighted by atomic mass is 9.82. The average Bonchev–Trinajstić information content (AvgIpc) is 3.07. The zero-order valence-electron chi connectivity index (χ0n) is 26.6. The van der Waals surface area contributed by atoms with Crippen LogP contribution in [0.2, 0.25) is 0 Å². The lowest BCUT2D eigenvalue weighted by Gasteiger charge is -2.25. The largest absolute Gasteiger partial charge is 0.497 e. The number of ether oxygens (including phenoxy) is 2.